The molecule has 2 rings (SSSR count). The molecule has 4 nitrogen and oxygen atoms in total. The maximum absolute atomic E-state index is 11.9. The summed E-state index contributed by atoms with van der Waals surface area (Å²) in [7, 11) is 0. The Balaban J connectivity index is 1.81. The van der Waals surface area contributed by atoms with Gasteiger partial charge < -0.3 is 14.2 Å². The Morgan fingerprint density at radius 3 is 2.46 bits per heavy atom. The van der Waals surface area contributed by atoms with E-state index in [0.717, 1.165) is 16.9 Å². The van der Waals surface area contributed by atoms with E-state index >= 15 is 0 Å². The maximum atomic E-state index is 11.9. The Morgan fingerprint density at radius 1 is 1.04 bits per heavy atom. The molecular weight excluding hydrogens is 352 g/mol. The third-order valence-electron chi connectivity index (χ3n) is 3.80. The molecule has 2 aromatic carbocycles. The molecule has 1 unspecified atom stereocenters. The van der Waals surface area contributed by atoms with Gasteiger partial charge in [0, 0.05) is 18.6 Å². The van der Waals surface area contributed by atoms with Crippen LogP contribution in [-0.2, 0) is 20.7 Å². The molecule has 0 aliphatic rings. The molecule has 0 saturated heterocycles. The van der Waals surface area contributed by atoms with Crippen LogP contribution in [0.4, 0.5) is 0 Å². The van der Waals surface area contributed by atoms with Crippen LogP contribution in [0.3, 0.4) is 0 Å². The largest absolute Gasteiger partial charge is 0.490 e. The fourth-order valence-corrected chi connectivity index (χ4v) is 2.48. The lowest BCUT2D eigenvalue weighted by atomic mass is 10.1. The predicted molar refractivity (Wildman–Crippen MR) is 110 cm³/mol. The minimum absolute atomic E-state index is 0.327. The van der Waals surface area contributed by atoms with E-state index in [4.69, 9.17) is 14.2 Å². The summed E-state index contributed by atoms with van der Waals surface area (Å²) < 4.78 is 16.2. The maximum Gasteiger partial charge on any atom is 0.335 e. The summed E-state index contributed by atoms with van der Waals surface area (Å²) in [4.78, 5) is 11.9. The van der Waals surface area contributed by atoms with Gasteiger partial charge in [-0.05, 0) is 55.8 Å². The standard InChI is InChI=1S/C24H26O4/c1-3-26-23(24(25)27-4-2)19-21-14-16-22(17-15-21)28-18-10-6-9-13-20-11-7-5-8-12-20/h5-8,10-12,14-17,23H,3-4,18-19H2,1-2H3/b10-6-. The molecule has 0 aliphatic heterocycles. The van der Waals surface area contributed by atoms with E-state index in [2.05, 4.69) is 11.8 Å². The SMILES string of the molecule is CCOC(=O)C(Cc1ccc(OC/C=C\C#Cc2ccccc2)cc1)OCC. The Hall–Kier alpha value is -3.03. The van der Waals surface area contributed by atoms with Crippen molar-refractivity contribution in [3.63, 3.8) is 0 Å². The lowest BCUT2D eigenvalue weighted by molar-refractivity contribution is -0.156. The Morgan fingerprint density at radius 2 is 1.79 bits per heavy atom. The van der Waals surface area contributed by atoms with Crippen molar-refractivity contribution in [1.82, 2.24) is 0 Å². The average molecular weight is 378 g/mol. The molecule has 0 aliphatic carbocycles. The van der Waals surface area contributed by atoms with Crippen molar-refractivity contribution in [2.75, 3.05) is 19.8 Å². The number of benzene rings is 2. The van der Waals surface area contributed by atoms with Crippen LogP contribution in [0.5, 0.6) is 5.75 Å². The summed E-state index contributed by atoms with van der Waals surface area (Å²) in [6, 6.07) is 17.5. The van der Waals surface area contributed by atoms with Crippen LogP contribution >= 0.6 is 0 Å². The average Bonchev–Trinajstić information content (AvgIpc) is 2.72. The highest BCUT2D eigenvalue weighted by Gasteiger charge is 2.20. The molecule has 0 aromatic heterocycles. The summed E-state index contributed by atoms with van der Waals surface area (Å²) in [5.74, 6) is 6.47. The second-order valence-corrected chi connectivity index (χ2v) is 5.89. The third kappa shape index (κ3) is 7.69. The molecular formula is C24H26O4. The van der Waals surface area contributed by atoms with E-state index in [1.54, 1.807) is 13.0 Å². The molecule has 1 atom stereocenters. The van der Waals surface area contributed by atoms with Crippen LogP contribution in [0.1, 0.15) is 25.0 Å². The van der Waals surface area contributed by atoms with Crippen molar-refractivity contribution >= 4 is 5.97 Å². The van der Waals surface area contributed by atoms with Gasteiger partial charge in [0.1, 0.15) is 12.4 Å². The summed E-state index contributed by atoms with van der Waals surface area (Å²) in [6.07, 6.45) is 3.55. The molecule has 4 heteroatoms. The van der Waals surface area contributed by atoms with Crippen molar-refractivity contribution in [1.29, 1.82) is 0 Å². The smallest absolute Gasteiger partial charge is 0.335 e. The van der Waals surface area contributed by atoms with E-state index in [1.165, 1.54) is 0 Å². The van der Waals surface area contributed by atoms with Crippen molar-refractivity contribution in [3.8, 4) is 17.6 Å². The lowest BCUT2D eigenvalue weighted by Gasteiger charge is -2.15. The van der Waals surface area contributed by atoms with Gasteiger partial charge in [0.05, 0.1) is 6.61 Å². The van der Waals surface area contributed by atoms with Gasteiger partial charge in [-0.15, -0.1) is 0 Å². The quantitative estimate of drug-likeness (QED) is 0.485. The first-order valence-electron chi connectivity index (χ1n) is 9.44. The molecule has 0 N–H and O–H groups in total. The highest BCUT2D eigenvalue weighted by atomic mass is 16.6. The monoisotopic (exact) mass is 378 g/mol. The minimum Gasteiger partial charge on any atom is -0.490 e. The fourth-order valence-electron chi connectivity index (χ4n) is 2.48. The molecule has 0 fully saturated rings. The van der Waals surface area contributed by atoms with E-state index < -0.39 is 6.10 Å². The molecule has 28 heavy (non-hydrogen) atoms. The van der Waals surface area contributed by atoms with E-state index in [9.17, 15) is 4.79 Å². The molecule has 0 heterocycles. The third-order valence-corrected chi connectivity index (χ3v) is 3.80. The number of hydrogen-bond acceptors (Lipinski definition) is 4. The van der Waals surface area contributed by atoms with Crippen molar-refractivity contribution in [3.05, 3.63) is 77.9 Å². The van der Waals surface area contributed by atoms with Crippen LogP contribution in [0.25, 0.3) is 0 Å². The van der Waals surface area contributed by atoms with E-state index in [1.807, 2.05) is 67.6 Å². The van der Waals surface area contributed by atoms with Gasteiger partial charge in [-0.3, -0.25) is 0 Å². The van der Waals surface area contributed by atoms with E-state index in [-0.39, 0.29) is 5.97 Å². The van der Waals surface area contributed by atoms with Crippen molar-refractivity contribution < 1.29 is 19.0 Å². The van der Waals surface area contributed by atoms with E-state index in [0.29, 0.717) is 26.2 Å². The van der Waals surface area contributed by atoms with Gasteiger partial charge in [-0.1, -0.05) is 42.2 Å². The van der Waals surface area contributed by atoms with Crippen LogP contribution in [0.2, 0.25) is 0 Å². The summed E-state index contributed by atoms with van der Waals surface area (Å²) >= 11 is 0. The lowest BCUT2D eigenvalue weighted by Crippen LogP contribution is -2.28. The summed E-state index contributed by atoms with van der Waals surface area (Å²) in [6.45, 7) is 4.89. The molecule has 0 radical (unpaired) electrons. The summed E-state index contributed by atoms with van der Waals surface area (Å²) in [5.41, 5.74) is 1.97. The zero-order valence-corrected chi connectivity index (χ0v) is 16.4. The first-order valence-corrected chi connectivity index (χ1v) is 9.44. The number of hydrogen-bond donors (Lipinski definition) is 0. The number of rotatable bonds is 9. The predicted octanol–water partition coefficient (Wildman–Crippen LogP) is 4.18. The second kappa shape index (κ2) is 12.4. The zero-order chi connectivity index (χ0) is 20.0. The van der Waals surface area contributed by atoms with Crippen LogP contribution < -0.4 is 4.74 Å². The van der Waals surface area contributed by atoms with Gasteiger partial charge >= 0.3 is 5.97 Å². The Kier molecular flexibility index (Phi) is 9.40. The minimum atomic E-state index is -0.581. The highest BCUT2D eigenvalue weighted by Crippen LogP contribution is 2.15. The van der Waals surface area contributed by atoms with Gasteiger partial charge in [0.2, 0.25) is 0 Å². The number of carbonyl (C=O) groups excluding carboxylic acids is 1. The molecule has 146 valence electrons. The zero-order valence-electron chi connectivity index (χ0n) is 16.4. The van der Waals surface area contributed by atoms with Gasteiger partial charge in [-0.25, -0.2) is 4.79 Å². The van der Waals surface area contributed by atoms with Crippen LogP contribution in [0, 0.1) is 11.8 Å². The first kappa shape index (κ1) is 21.3. The normalized spacial score (nSPS) is 11.5. The second-order valence-electron chi connectivity index (χ2n) is 5.89. The topological polar surface area (TPSA) is 44.8 Å². The molecule has 0 saturated carbocycles. The fraction of sp³-hybridized carbons (Fsp3) is 0.292. The number of ether oxygens (including phenoxy) is 3. The van der Waals surface area contributed by atoms with Crippen molar-refractivity contribution in [2.45, 2.75) is 26.4 Å². The van der Waals surface area contributed by atoms with Crippen LogP contribution in [0.15, 0.2) is 66.7 Å². The van der Waals surface area contributed by atoms with Gasteiger partial charge in [0.15, 0.2) is 6.10 Å². The number of esters is 1. The highest BCUT2D eigenvalue weighted by molar-refractivity contribution is 5.75. The van der Waals surface area contributed by atoms with Crippen molar-refractivity contribution in [2.24, 2.45) is 0 Å². The van der Waals surface area contributed by atoms with Crippen LogP contribution in [-0.4, -0.2) is 31.9 Å². The molecule has 0 amide bonds. The summed E-state index contributed by atoms with van der Waals surface area (Å²) in [5, 5.41) is 0. The first-order chi connectivity index (χ1) is 13.7. The molecule has 0 spiro atoms. The Labute approximate surface area is 167 Å². The van der Waals surface area contributed by atoms with Gasteiger partial charge in [-0.2, -0.15) is 0 Å². The molecule has 2 aromatic rings. The van der Waals surface area contributed by atoms with Gasteiger partial charge in [0.25, 0.3) is 0 Å². The Bertz CT molecular complexity index is 798. The number of carbonyl (C=O) groups is 1. The molecule has 0 bridgehead atoms. The number of allylic oxidation sites excluding steroid dienone is 1.